The Kier molecular flexibility index (Phi) is 6.02. The van der Waals surface area contributed by atoms with Crippen LogP contribution in [0.25, 0.3) is 0 Å². The average molecular weight is 233 g/mol. The van der Waals surface area contributed by atoms with Gasteiger partial charge in [0.15, 0.2) is 0 Å². The quantitative estimate of drug-likeness (QED) is 0.726. The Morgan fingerprint density at radius 3 is 2.94 bits per heavy atom. The minimum atomic E-state index is 0.305. The Bertz CT molecular complexity index is 373. The fraction of sp³-hybridized carbons (Fsp3) is 0.615. The van der Waals surface area contributed by atoms with Crippen LogP contribution in [0.1, 0.15) is 45.2 Å². The topological polar surface area (TPSA) is 58.8 Å². The van der Waals surface area contributed by atoms with Gasteiger partial charge in [0, 0.05) is 6.20 Å². The fourth-order valence-corrected chi connectivity index (χ4v) is 1.56. The van der Waals surface area contributed by atoms with Crippen LogP contribution in [-0.2, 0) is 0 Å². The summed E-state index contributed by atoms with van der Waals surface area (Å²) in [6.07, 6.45) is 6.24. The van der Waals surface area contributed by atoms with Gasteiger partial charge in [0.05, 0.1) is 6.61 Å². The lowest BCUT2D eigenvalue weighted by atomic mass is 10.0. The molecule has 1 aromatic heterocycles. The van der Waals surface area contributed by atoms with E-state index in [1.165, 1.54) is 19.3 Å². The van der Waals surface area contributed by atoms with Crippen LogP contribution in [0.4, 0.5) is 0 Å². The molecule has 0 N–H and O–H groups in total. The van der Waals surface area contributed by atoms with Crippen LogP contribution in [-0.4, -0.2) is 16.6 Å². The smallest absolute Gasteiger partial charge is 0.317 e. The maximum absolute atomic E-state index is 8.71. The van der Waals surface area contributed by atoms with Gasteiger partial charge in [-0.1, -0.05) is 33.1 Å². The number of nitrogens with zero attached hydrogens (tertiary/aromatic N) is 3. The predicted octanol–water partition coefficient (Wildman–Crippen LogP) is 2.94. The second-order valence-corrected chi connectivity index (χ2v) is 4.06. The second-order valence-electron chi connectivity index (χ2n) is 4.06. The van der Waals surface area contributed by atoms with E-state index in [0.29, 0.717) is 24.2 Å². The molecule has 17 heavy (non-hydrogen) atoms. The molecule has 0 radical (unpaired) electrons. The van der Waals surface area contributed by atoms with Crippen LogP contribution < -0.4 is 4.74 Å². The van der Waals surface area contributed by atoms with Crippen molar-refractivity contribution in [3.8, 4) is 12.1 Å². The van der Waals surface area contributed by atoms with Crippen LogP contribution in [0.5, 0.6) is 6.01 Å². The van der Waals surface area contributed by atoms with Crippen molar-refractivity contribution in [2.24, 2.45) is 5.92 Å². The Morgan fingerprint density at radius 1 is 1.47 bits per heavy atom. The molecule has 1 unspecified atom stereocenters. The van der Waals surface area contributed by atoms with Crippen molar-refractivity contribution in [2.75, 3.05) is 6.61 Å². The summed E-state index contributed by atoms with van der Waals surface area (Å²) in [6, 6.07) is 3.85. The molecule has 0 saturated carbocycles. The highest BCUT2D eigenvalue weighted by Crippen LogP contribution is 2.14. The third kappa shape index (κ3) is 4.81. The first kappa shape index (κ1) is 13.4. The Morgan fingerprint density at radius 2 is 2.29 bits per heavy atom. The maximum Gasteiger partial charge on any atom is 0.317 e. The fourth-order valence-electron chi connectivity index (χ4n) is 1.56. The highest BCUT2D eigenvalue weighted by Gasteiger charge is 2.08. The molecule has 0 spiro atoms. The Labute approximate surface area is 103 Å². The van der Waals surface area contributed by atoms with Gasteiger partial charge in [-0.25, -0.2) is 4.98 Å². The first-order valence-electron chi connectivity index (χ1n) is 6.16. The molecule has 0 fully saturated rings. The van der Waals surface area contributed by atoms with E-state index in [-0.39, 0.29) is 0 Å². The molecule has 1 heterocycles. The van der Waals surface area contributed by atoms with Crippen molar-refractivity contribution in [1.82, 2.24) is 9.97 Å². The van der Waals surface area contributed by atoms with Gasteiger partial charge >= 0.3 is 6.01 Å². The lowest BCUT2D eigenvalue weighted by Gasteiger charge is -2.14. The van der Waals surface area contributed by atoms with Gasteiger partial charge in [0.2, 0.25) is 0 Å². The van der Waals surface area contributed by atoms with E-state index in [1.807, 2.05) is 6.07 Å². The lowest BCUT2D eigenvalue weighted by Crippen LogP contribution is -2.12. The first-order chi connectivity index (χ1) is 8.30. The van der Waals surface area contributed by atoms with Crippen molar-refractivity contribution in [3.05, 3.63) is 18.0 Å². The Hall–Kier alpha value is -1.63. The summed E-state index contributed by atoms with van der Waals surface area (Å²) in [4.78, 5) is 7.97. The van der Waals surface area contributed by atoms with Crippen LogP contribution >= 0.6 is 0 Å². The molecule has 0 aliphatic rings. The largest absolute Gasteiger partial charge is 0.463 e. The van der Waals surface area contributed by atoms with Crippen molar-refractivity contribution in [2.45, 2.75) is 39.5 Å². The summed E-state index contributed by atoms with van der Waals surface area (Å²) < 4.78 is 5.53. The highest BCUT2D eigenvalue weighted by atomic mass is 16.5. The summed E-state index contributed by atoms with van der Waals surface area (Å²) in [5, 5.41) is 8.71. The maximum atomic E-state index is 8.71. The predicted molar refractivity (Wildman–Crippen MR) is 65.5 cm³/mol. The van der Waals surface area contributed by atoms with Crippen molar-refractivity contribution >= 4 is 0 Å². The van der Waals surface area contributed by atoms with E-state index < -0.39 is 0 Å². The molecule has 4 heteroatoms. The molecule has 0 aromatic carbocycles. The third-order valence-electron chi connectivity index (χ3n) is 2.74. The molecule has 0 aliphatic heterocycles. The van der Waals surface area contributed by atoms with E-state index in [4.69, 9.17) is 10.00 Å². The summed E-state index contributed by atoms with van der Waals surface area (Å²) in [7, 11) is 0. The van der Waals surface area contributed by atoms with Crippen LogP contribution in [0.15, 0.2) is 12.3 Å². The SMILES string of the molecule is CCCCC(CC)COc1nccc(C#N)n1. The summed E-state index contributed by atoms with van der Waals surface area (Å²) in [5.41, 5.74) is 0.344. The van der Waals surface area contributed by atoms with Gasteiger partial charge in [0.25, 0.3) is 0 Å². The molecular formula is C13H19N3O. The van der Waals surface area contributed by atoms with Crippen LogP contribution in [0, 0.1) is 17.2 Å². The summed E-state index contributed by atoms with van der Waals surface area (Å²) >= 11 is 0. The van der Waals surface area contributed by atoms with Crippen LogP contribution in [0.3, 0.4) is 0 Å². The van der Waals surface area contributed by atoms with E-state index in [1.54, 1.807) is 12.3 Å². The number of aromatic nitrogens is 2. The minimum Gasteiger partial charge on any atom is -0.463 e. The third-order valence-corrected chi connectivity index (χ3v) is 2.74. The van der Waals surface area contributed by atoms with Crippen molar-refractivity contribution in [3.63, 3.8) is 0 Å². The minimum absolute atomic E-state index is 0.305. The molecule has 1 aromatic rings. The van der Waals surface area contributed by atoms with E-state index in [0.717, 1.165) is 6.42 Å². The van der Waals surface area contributed by atoms with E-state index in [2.05, 4.69) is 23.8 Å². The van der Waals surface area contributed by atoms with E-state index >= 15 is 0 Å². The molecule has 0 amide bonds. The zero-order valence-corrected chi connectivity index (χ0v) is 10.5. The first-order valence-corrected chi connectivity index (χ1v) is 6.16. The summed E-state index contributed by atoms with van der Waals surface area (Å²) in [5.74, 6) is 0.546. The monoisotopic (exact) mass is 233 g/mol. The normalized spacial score (nSPS) is 11.8. The van der Waals surface area contributed by atoms with Gasteiger partial charge in [-0.05, 0) is 18.4 Å². The van der Waals surface area contributed by atoms with Gasteiger partial charge in [-0.15, -0.1) is 0 Å². The summed E-state index contributed by atoms with van der Waals surface area (Å²) in [6.45, 7) is 4.98. The van der Waals surface area contributed by atoms with E-state index in [9.17, 15) is 0 Å². The molecule has 1 rings (SSSR count). The number of rotatable bonds is 7. The number of unbranched alkanes of at least 4 members (excludes halogenated alkanes) is 1. The molecule has 92 valence electrons. The lowest BCUT2D eigenvalue weighted by molar-refractivity contribution is 0.217. The number of hydrogen-bond donors (Lipinski definition) is 0. The Balaban J connectivity index is 2.45. The zero-order chi connectivity index (χ0) is 12.5. The van der Waals surface area contributed by atoms with Gasteiger partial charge in [-0.2, -0.15) is 10.2 Å². The molecule has 1 atom stereocenters. The second kappa shape index (κ2) is 7.61. The van der Waals surface area contributed by atoms with Crippen molar-refractivity contribution in [1.29, 1.82) is 5.26 Å². The average Bonchev–Trinajstić information content (AvgIpc) is 2.39. The zero-order valence-electron chi connectivity index (χ0n) is 10.5. The molecule has 4 nitrogen and oxygen atoms in total. The van der Waals surface area contributed by atoms with Gasteiger partial charge in [0.1, 0.15) is 11.8 Å². The molecular weight excluding hydrogens is 214 g/mol. The van der Waals surface area contributed by atoms with Crippen LogP contribution in [0.2, 0.25) is 0 Å². The van der Waals surface area contributed by atoms with Gasteiger partial charge < -0.3 is 4.74 Å². The number of ether oxygens (including phenoxy) is 1. The van der Waals surface area contributed by atoms with Crippen molar-refractivity contribution < 1.29 is 4.74 Å². The highest BCUT2D eigenvalue weighted by molar-refractivity contribution is 5.19. The standard InChI is InChI=1S/C13H19N3O/c1-3-5-6-11(4-2)10-17-13-15-8-7-12(9-14)16-13/h7-8,11H,3-6,10H2,1-2H3. The molecule has 0 aliphatic carbocycles. The number of nitriles is 1. The van der Waals surface area contributed by atoms with Gasteiger partial charge in [-0.3, -0.25) is 0 Å². The number of hydrogen-bond acceptors (Lipinski definition) is 4. The molecule has 0 bridgehead atoms. The molecule has 0 saturated heterocycles.